The first-order chi connectivity index (χ1) is 12.5. The number of nitrogens with one attached hydrogen (secondary N) is 2. The molecule has 1 aromatic heterocycles. The second-order valence-electron chi connectivity index (χ2n) is 6.17. The number of anilines is 1. The average Bonchev–Trinajstić information content (AvgIpc) is 3.12. The Hall–Kier alpha value is -2.75. The van der Waals surface area contributed by atoms with Crippen LogP contribution in [-0.2, 0) is 6.42 Å². The summed E-state index contributed by atoms with van der Waals surface area (Å²) in [5.74, 6) is -0.0132. The lowest BCUT2D eigenvalue weighted by Crippen LogP contribution is -2.21. The van der Waals surface area contributed by atoms with Crippen LogP contribution >= 0.6 is 0 Å². The summed E-state index contributed by atoms with van der Waals surface area (Å²) in [6, 6.07) is 14.7. The minimum absolute atomic E-state index is 0.0132. The Morgan fingerprint density at radius 2 is 1.73 bits per heavy atom. The normalized spacial score (nSPS) is 10.2. The second kappa shape index (κ2) is 8.56. The molecule has 1 heterocycles. The quantitative estimate of drug-likeness (QED) is 0.681. The molecule has 26 heavy (non-hydrogen) atoms. The number of carbonyl (C=O) groups is 1. The van der Waals surface area contributed by atoms with Gasteiger partial charge in [-0.3, -0.25) is 4.79 Å². The number of hydrogen-bond acceptors (Lipinski definition) is 2. The van der Waals surface area contributed by atoms with E-state index >= 15 is 0 Å². The van der Waals surface area contributed by atoms with Gasteiger partial charge in [0.1, 0.15) is 5.69 Å². The molecule has 3 rings (SSSR count). The third kappa shape index (κ3) is 3.90. The predicted octanol–water partition coefficient (Wildman–Crippen LogP) is 5.17. The van der Waals surface area contributed by atoms with Gasteiger partial charge < -0.3 is 15.2 Å². The zero-order chi connectivity index (χ0) is 19.3. The Morgan fingerprint density at radius 1 is 1.08 bits per heavy atom. The van der Waals surface area contributed by atoms with Gasteiger partial charge >= 0.3 is 0 Å². The van der Waals surface area contributed by atoms with Crippen molar-refractivity contribution in [3.8, 4) is 11.1 Å². The van der Waals surface area contributed by atoms with Crippen LogP contribution in [0.15, 0.2) is 42.5 Å². The lowest BCUT2D eigenvalue weighted by molar-refractivity contribution is 0.0823. The summed E-state index contributed by atoms with van der Waals surface area (Å²) >= 11 is 0. The minimum atomic E-state index is -0.0132. The molecule has 0 atom stereocenters. The van der Waals surface area contributed by atoms with Crippen LogP contribution in [-0.4, -0.2) is 36.9 Å². The Balaban J connectivity index is 0.00000117. The third-order valence-electron chi connectivity index (χ3n) is 4.33. The van der Waals surface area contributed by atoms with Crippen LogP contribution in [0.5, 0.6) is 0 Å². The molecule has 0 unspecified atom stereocenters. The van der Waals surface area contributed by atoms with E-state index in [0.29, 0.717) is 5.69 Å². The lowest BCUT2D eigenvalue weighted by Gasteiger charge is -2.08. The first kappa shape index (κ1) is 19.6. The summed E-state index contributed by atoms with van der Waals surface area (Å²) in [4.78, 5) is 17.2. The molecule has 4 heteroatoms. The first-order valence-corrected chi connectivity index (χ1v) is 9.19. The number of carbonyl (C=O) groups excluding carboxylic acids is 1. The van der Waals surface area contributed by atoms with E-state index in [2.05, 4.69) is 53.6 Å². The number of rotatable bonds is 4. The number of H-pyrrole nitrogens is 1. The van der Waals surface area contributed by atoms with Gasteiger partial charge in [-0.05, 0) is 47.4 Å². The summed E-state index contributed by atoms with van der Waals surface area (Å²) in [5.41, 5.74) is 6.27. The number of fused-ring (bicyclic) bond motifs is 1. The Bertz CT molecular complexity index is 876. The van der Waals surface area contributed by atoms with Gasteiger partial charge in [0, 0.05) is 37.7 Å². The molecule has 2 N–H and O–H groups in total. The largest absolute Gasteiger partial charge is 0.388 e. The average molecular weight is 351 g/mol. The summed E-state index contributed by atoms with van der Waals surface area (Å²) < 4.78 is 0. The maximum absolute atomic E-state index is 12.3. The fourth-order valence-electron chi connectivity index (χ4n) is 2.91. The summed E-state index contributed by atoms with van der Waals surface area (Å²) in [7, 11) is 5.45. The molecule has 0 fully saturated rings. The van der Waals surface area contributed by atoms with E-state index in [1.807, 2.05) is 27.0 Å². The van der Waals surface area contributed by atoms with Crippen molar-refractivity contribution < 1.29 is 4.79 Å². The molecule has 138 valence electrons. The number of aromatic amines is 1. The third-order valence-corrected chi connectivity index (χ3v) is 4.33. The van der Waals surface area contributed by atoms with Crippen LogP contribution in [0.2, 0.25) is 0 Å². The minimum Gasteiger partial charge on any atom is -0.388 e. The van der Waals surface area contributed by atoms with E-state index in [4.69, 9.17) is 0 Å². The Labute approximate surface area is 156 Å². The van der Waals surface area contributed by atoms with E-state index < -0.39 is 0 Å². The highest BCUT2D eigenvalue weighted by Gasteiger charge is 2.15. The number of aromatic nitrogens is 1. The van der Waals surface area contributed by atoms with E-state index in [1.54, 1.807) is 19.0 Å². The summed E-state index contributed by atoms with van der Waals surface area (Å²) in [5, 5.41) is 4.22. The van der Waals surface area contributed by atoms with Gasteiger partial charge in [-0.1, -0.05) is 39.0 Å². The first-order valence-electron chi connectivity index (χ1n) is 9.19. The van der Waals surface area contributed by atoms with E-state index in [-0.39, 0.29) is 5.91 Å². The topological polar surface area (TPSA) is 48.1 Å². The second-order valence-corrected chi connectivity index (χ2v) is 6.17. The standard InChI is InChI=1S/C20H23N3O.C2H6/c1-5-13-10-16(14-6-8-15(21-2)9-7-14)17-12-19(20(24)23(3)4)22-18(17)11-13;1-2/h6-12,21-22H,5H2,1-4H3;1-2H3. The van der Waals surface area contributed by atoms with Crippen molar-refractivity contribution in [2.75, 3.05) is 26.5 Å². The fraction of sp³-hybridized carbons (Fsp3) is 0.318. The molecule has 1 amide bonds. The van der Waals surface area contributed by atoms with E-state index in [1.165, 1.54) is 5.56 Å². The van der Waals surface area contributed by atoms with Gasteiger partial charge in [0.15, 0.2) is 0 Å². The lowest BCUT2D eigenvalue weighted by atomic mass is 9.98. The molecule has 0 spiro atoms. The number of nitrogens with zero attached hydrogens (tertiary/aromatic N) is 1. The van der Waals surface area contributed by atoms with Crippen molar-refractivity contribution in [1.29, 1.82) is 0 Å². The van der Waals surface area contributed by atoms with E-state index in [0.717, 1.165) is 34.1 Å². The van der Waals surface area contributed by atoms with Gasteiger partial charge in [-0.15, -0.1) is 0 Å². The smallest absolute Gasteiger partial charge is 0.269 e. The molecule has 0 radical (unpaired) electrons. The number of benzene rings is 2. The van der Waals surface area contributed by atoms with Crippen molar-refractivity contribution in [2.24, 2.45) is 0 Å². The highest BCUT2D eigenvalue weighted by Crippen LogP contribution is 2.32. The highest BCUT2D eigenvalue weighted by molar-refractivity contribution is 6.03. The van der Waals surface area contributed by atoms with Crippen LogP contribution in [0, 0.1) is 0 Å². The molecule has 0 saturated carbocycles. The van der Waals surface area contributed by atoms with Crippen LogP contribution in [0.4, 0.5) is 5.69 Å². The van der Waals surface area contributed by atoms with Crippen LogP contribution in [0.25, 0.3) is 22.0 Å². The van der Waals surface area contributed by atoms with Gasteiger partial charge in [-0.25, -0.2) is 0 Å². The van der Waals surface area contributed by atoms with Gasteiger partial charge in [-0.2, -0.15) is 0 Å². The monoisotopic (exact) mass is 351 g/mol. The van der Waals surface area contributed by atoms with Gasteiger partial charge in [0.05, 0.1) is 0 Å². The molecule has 3 aromatic rings. The number of hydrogen-bond donors (Lipinski definition) is 2. The van der Waals surface area contributed by atoms with Crippen LogP contribution in [0.1, 0.15) is 36.8 Å². The van der Waals surface area contributed by atoms with Crippen molar-refractivity contribution in [3.05, 3.63) is 53.7 Å². The maximum Gasteiger partial charge on any atom is 0.269 e. The summed E-state index contributed by atoms with van der Waals surface area (Å²) in [6.45, 7) is 6.14. The summed E-state index contributed by atoms with van der Waals surface area (Å²) in [6.07, 6.45) is 0.952. The number of amides is 1. The molecule has 0 aliphatic heterocycles. The molecule has 2 aromatic carbocycles. The highest BCUT2D eigenvalue weighted by atomic mass is 16.2. The zero-order valence-electron chi connectivity index (χ0n) is 16.6. The Kier molecular flexibility index (Phi) is 6.45. The molecular weight excluding hydrogens is 322 g/mol. The van der Waals surface area contributed by atoms with Gasteiger partial charge in [0.2, 0.25) is 0 Å². The predicted molar refractivity (Wildman–Crippen MR) is 112 cm³/mol. The van der Waals surface area contributed by atoms with E-state index in [9.17, 15) is 4.79 Å². The van der Waals surface area contributed by atoms with Crippen molar-refractivity contribution >= 4 is 22.5 Å². The molecular formula is C22H29N3O. The zero-order valence-corrected chi connectivity index (χ0v) is 16.6. The van der Waals surface area contributed by atoms with Gasteiger partial charge in [0.25, 0.3) is 5.91 Å². The Morgan fingerprint density at radius 3 is 2.27 bits per heavy atom. The number of aryl methyl sites for hydroxylation is 1. The van der Waals surface area contributed by atoms with Crippen molar-refractivity contribution in [3.63, 3.8) is 0 Å². The van der Waals surface area contributed by atoms with Crippen molar-refractivity contribution in [2.45, 2.75) is 27.2 Å². The maximum atomic E-state index is 12.3. The van der Waals surface area contributed by atoms with Crippen molar-refractivity contribution in [1.82, 2.24) is 9.88 Å². The van der Waals surface area contributed by atoms with Crippen LogP contribution in [0.3, 0.4) is 0 Å². The molecule has 0 saturated heterocycles. The molecule has 4 nitrogen and oxygen atoms in total. The molecule has 0 aliphatic carbocycles. The fourth-order valence-corrected chi connectivity index (χ4v) is 2.91. The van der Waals surface area contributed by atoms with Crippen LogP contribution < -0.4 is 5.32 Å². The SMILES string of the molecule is CC.CCc1cc(-c2ccc(NC)cc2)c2cc(C(=O)N(C)C)[nH]c2c1. The molecule has 0 bridgehead atoms. The molecule has 0 aliphatic rings.